The molecule has 0 saturated heterocycles. The molecule has 1 aromatic carbocycles. The zero-order chi connectivity index (χ0) is 25.2. The highest BCUT2D eigenvalue weighted by Gasteiger charge is 2.36. The lowest BCUT2D eigenvalue weighted by Crippen LogP contribution is -2.55. The average molecular weight is 466 g/mol. The normalized spacial score (nSPS) is 14.1. The maximum absolute atomic E-state index is 13.4. The molecule has 3 amide bonds. The van der Waals surface area contributed by atoms with Crippen LogP contribution in [-0.4, -0.2) is 70.5 Å². The Labute approximate surface area is 196 Å². The van der Waals surface area contributed by atoms with E-state index in [9.17, 15) is 24.6 Å². The standard InChI is InChI=1S/C24H39N3O6/c1-7-10-17(3)25-21(30)20(18-12-9-8-11-16(18)2)27(13-14-28)22(31)19(15-29)26-23(32)33-24(4,5)6/h8-9,11-12,17,19-20,28-29H,7,10,13-15H2,1-6H3,(H,25,30)(H,26,32). The van der Waals surface area contributed by atoms with E-state index in [0.29, 0.717) is 5.56 Å². The number of aryl methyl sites for hydroxylation is 1. The Kier molecular flexibility index (Phi) is 11.3. The fourth-order valence-electron chi connectivity index (χ4n) is 3.48. The van der Waals surface area contributed by atoms with Gasteiger partial charge >= 0.3 is 6.09 Å². The average Bonchev–Trinajstić information content (AvgIpc) is 2.71. The highest BCUT2D eigenvalue weighted by Crippen LogP contribution is 2.25. The fraction of sp³-hybridized carbons (Fsp3) is 0.625. The third kappa shape index (κ3) is 9.01. The SMILES string of the molecule is CCCC(C)NC(=O)C(c1ccccc1C)N(CCO)C(=O)C(CO)NC(=O)OC(C)(C)C. The van der Waals surface area contributed by atoms with Crippen molar-refractivity contribution in [1.82, 2.24) is 15.5 Å². The summed E-state index contributed by atoms with van der Waals surface area (Å²) in [5.41, 5.74) is 0.586. The number of carbonyl (C=O) groups excluding carboxylic acids is 3. The van der Waals surface area contributed by atoms with Crippen LogP contribution in [0, 0.1) is 6.92 Å². The number of hydrogen-bond acceptors (Lipinski definition) is 6. The van der Waals surface area contributed by atoms with Gasteiger partial charge in [0.15, 0.2) is 0 Å². The van der Waals surface area contributed by atoms with Gasteiger partial charge in [0.05, 0.1) is 13.2 Å². The molecule has 0 heterocycles. The van der Waals surface area contributed by atoms with Gasteiger partial charge in [0.2, 0.25) is 11.8 Å². The molecule has 1 aromatic rings. The van der Waals surface area contributed by atoms with Crippen LogP contribution in [0.3, 0.4) is 0 Å². The van der Waals surface area contributed by atoms with Gasteiger partial charge < -0.3 is 30.5 Å². The number of alkyl carbamates (subject to hydrolysis) is 1. The summed E-state index contributed by atoms with van der Waals surface area (Å²) in [4.78, 5) is 40.2. The summed E-state index contributed by atoms with van der Waals surface area (Å²) in [7, 11) is 0. The minimum absolute atomic E-state index is 0.117. The Hall–Kier alpha value is -2.65. The van der Waals surface area contributed by atoms with E-state index in [1.54, 1.807) is 32.9 Å². The van der Waals surface area contributed by atoms with Crippen molar-refractivity contribution in [3.05, 3.63) is 35.4 Å². The Bertz CT molecular complexity index is 793. The van der Waals surface area contributed by atoms with Crippen LogP contribution in [0.4, 0.5) is 4.79 Å². The van der Waals surface area contributed by atoms with E-state index < -0.39 is 48.8 Å². The summed E-state index contributed by atoms with van der Waals surface area (Å²) in [6.45, 7) is 9.48. The van der Waals surface area contributed by atoms with E-state index in [4.69, 9.17) is 4.74 Å². The first-order chi connectivity index (χ1) is 15.4. The summed E-state index contributed by atoms with van der Waals surface area (Å²) >= 11 is 0. The van der Waals surface area contributed by atoms with Gasteiger partial charge in [0.1, 0.15) is 17.7 Å². The molecule has 0 spiro atoms. The third-order valence-electron chi connectivity index (χ3n) is 4.95. The van der Waals surface area contributed by atoms with Crippen LogP contribution in [-0.2, 0) is 14.3 Å². The molecular formula is C24H39N3O6. The van der Waals surface area contributed by atoms with Crippen molar-refractivity contribution < 1.29 is 29.3 Å². The number of nitrogens with zero attached hydrogens (tertiary/aromatic N) is 1. The summed E-state index contributed by atoms with van der Waals surface area (Å²) < 4.78 is 5.19. The number of benzene rings is 1. The molecule has 0 fully saturated rings. The number of rotatable bonds is 11. The molecule has 186 valence electrons. The molecule has 9 nitrogen and oxygen atoms in total. The molecule has 33 heavy (non-hydrogen) atoms. The minimum Gasteiger partial charge on any atom is -0.444 e. The highest BCUT2D eigenvalue weighted by atomic mass is 16.6. The molecule has 3 unspecified atom stereocenters. The first-order valence-electron chi connectivity index (χ1n) is 11.3. The van der Waals surface area contributed by atoms with Gasteiger partial charge in [-0.3, -0.25) is 9.59 Å². The molecule has 0 radical (unpaired) electrons. The molecule has 9 heteroatoms. The van der Waals surface area contributed by atoms with Crippen molar-refractivity contribution in [3.63, 3.8) is 0 Å². The maximum Gasteiger partial charge on any atom is 0.408 e. The van der Waals surface area contributed by atoms with E-state index in [1.807, 2.05) is 32.9 Å². The highest BCUT2D eigenvalue weighted by molar-refractivity contribution is 5.92. The van der Waals surface area contributed by atoms with Crippen LogP contribution in [0.25, 0.3) is 0 Å². The second-order valence-electron chi connectivity index (χ2n) is 9.09. The first-order valence-corrected chi connectivity index (χ1v) is 11.3. The van der Waals surface area contributed by atoms with Gasteiger partial charge in [0, 0.05) is 12.6 Å². The van der Waals surface area contributed by atoms with Gasteiger partial charge in [0.25, 0.3) is 0 Å². The van der Waals surface area contributed by atoms with E-state index in [0.717, 1.165) is 18.4 Å². The fourth-order valence-corrected chi connectivity index (χ4v) is 3.48. The number of nitrogens with one attached hydrogen (secondary N) is 2. The van der Waals surface area contributed by atoms with Crippen molar-refractivity contribution >= 4 is 17.9 Å². The van der Waals surface area contributed by atoms with Gasteiger partial charge in [-0.15, -0.1) is 0 Å². The smallest absolute Gasteiger partial charge is 0.408 e. The van der Waals surface area contributed by atoms with Gasteiger partial charge in [-0.25, -0.2) is 4.79 Å². The zero-order valence-corrected chi connectivity index (χ0v) is 20.6. The Morgan fingerprint density at radius 1 is 1.12 bits per heavy atom. The summed E-state index contributed by atoms with van der Waals surface area (Å²) in [6.07, 6.45) is 0.772. The third-order valence-corrected chi connectivity index (χ3v) is 4.95. The van der Waals surface area contributed by atoms with Crippen molar-refractivity contribution in [2.45, 2.75) is 78.1 Å². The molecule has 0 saturated carbocycles. The van der Waals surface area contributed by atoms with Crippen LogP contribution in [0.2, 0.25) is 0 Å². The quantitative estimate of drug-likeness (QED) is 0.396. The number of hydrogen-bond donors (Lipinski definition) is 4. The lowest BCUT2D eigenvalue weighted by molar-refractivity contribution is -0.144. The number of aliphatic hydroxyl groups excluding tert-OH is 2. The number of ether oxygens (including phenoxy) is 1. The zero-order valence-electron chi connectivity index (χ0n) is 20.6. The lowest BCUT2D eigenvalue weighted by atomic mass is 9.97. The number of aliphatic hydroxyl groups is 2. The lowest BCUT2D eigenvalue weighted by Gasteiger charge is -2.34. The monoisotopic (exact) mass is 465 g/mol. The molecule has 1 rings (SSSR count). The van der Waals surface area contributed by atoms with Gasteiger partial charge in [-0.1, -0.05) is 37.6 Å². The minimum atomic E-state index is -1.35. The van der Waals surface area contributed by atoms with Crippen LogP contribution >= 0.6 is 0 Å². The molecule has 4 N–H and O–H groups in total. The molecule has 0 aliphatic rings. The molecule has 0 aromatic heterocycles. The Balaban J connectivity index is 3.33. The van der Waals surface area contributed by atoms with Crippen molar-refractivity contribution in [2.24, 2.45) is 0 Å². The topological polar surface area (TPSA) is 128 Å². The predicted molar refractivity (Wildman–Crippen MR) is 125 cm³/mol. The summed E-state index contributed by atoms with van der Waals surface area (Å²) in [5.74, 6) is -1.11. The van der Waals surface area contributed by atoms with E-state index >= 15 is 0 Å². The van der Waals surface area contributed by atoms with Crippen LogP contribution in [0.15, 0.2) is 24.3 Å². The van der Waals surface area contributed by atoms with E-state index in [1.165, 1.54) is 4.90 Å². The van der Waals surface area contributed by atoms with E-state index in [2.05, 4.69) is 10.6 Å². The molecule has 0 bridgehead atoms. The first kappa shape index (κ1) is 28.4. The number of amides is 3. The molecule has 0 aliphatic heterocycles. The van der Waals surface area contributed by atoms with Gasteiger partial charge in [-0.05, 0) is 52.2 Å². The van der Waals surface area contributed by atoms with E-state index in [-0.39, 0.29) is 12.6 Å². The van der Waals surface area contributed by atoms with Crippen molar-refractivity contribution in [1.29, 1.82) is 0 Å². The second-order valence-corrected chi connectivity index (χ2v) is 9.09. The summed E-state index contributed by atoms with van der Waals surface area (Å²) in [5, 5.41) is 24.8. The predicted octanol–water partition coefficient (Wildman–Crippen LogP) is 2.05. The van der Waals surface area contributed by atoms with Crippen molar-refractivity contribution in [3.8, 4) is 0 Å². The molecular weight excluding hydrogens is 426 g/mol. The summed E-state index contributed by atoms with van der Waals surface area (Å²) in [6, 6.07) is 4.65. The van der Waals surface area contributed by atoms with Crippen LogP contribution in [0.1, 0.15) is 64.6 Å². The molecule has 3 atom stereocenters. The van der Waals surface area contributed by atoms with Crippen LogP contribution in [0.5, 0.6) is 0 Å². The van der Waals surface area contributed by atoms with Crippen molar-refractivity contribution in [2.75, 3.05) is 19.8 Å². The maximum atomic E-state index is 13.4. The Morgan fingerprint density at radius 2 is 1.76 bits per heavy atom. The Morgan fingerprint density at radius 3 is 2.27 bits per heavy atom. The second kappa shape index (κ2) is 13.2. The largest absolute Gasteiger partial charge is 0.444 e. The van der Waals surface area contributed by atoms with Gasteiger partial charge in [-0.2, -0.15) is 0 Å². The number of carbonyl (C=O) groups is 3. The molecule has 0 aliphatic carbocycles. The van der Waals surface area contributed by atoms with Crippen LogP contribution < -0.4 is 10.6 Å².